The first kappa shape index (κ1) is 21.1. The molecule has 2 amide bonds. The topological polar surface area (TPSA) is 78.1 Å². The molecule has 2 N–H and O–H groups in total. The fourth-order valence-electron chi connectivity index (χ4n) is 3.83. The van der Waals surface area contributed by atoms with Gasteiger partial charge >= 0.3 is 0 Å². The smallest absolute Gasteiger partial charge is 0.249 e. The summed E-state index contributed by atoms with van der Waals surface area (Å²) in [5, 5.41) is 9.25. The highest BCUT2D eigenvalue weighted by atomic mass is 32.2. The molecule has 1 aliphatic rings. The Balaban J connectivity index is 1.51. The van der Waals surface area contributed by atoms with Crippen LogP contribution in [0.4, 0.5) is 10.1 Å². The van der Waals surface area contributed by atoms with Crippen LogP contribution in [0.2, 0.25) is 0 Å². The molecule has 0 radical (unpaired) electrons. The fourth-order valence-corrected chi connectivity index (χ4v) is 4.45. The second-order valence-corrected chi connectivity index (χ2v) is 8.25. The number of aromatic amines is 1. The molecule has 1 unspecified atom stereocenters. The Hall–Kier alpha value is -3.13. The van der Waals surface area contributed by atoms with Gasteiger partial charge < -0.3 is 10.2 Å². The highest BCUT2D eigenvalue weighted by Gasteiger charge is 2.32. The monoisotopic (exact) mass is 438 g/mol. The molecule has 0 aliphatic carbocycles. The number of carbonyl (C=O) groups excluding carboxylic acids is 2. The number of halogens is 1. The van der Waals surface area contributed by atoms with Gasteiger partial charge in [-0.05, 0) is 54.0 Å². The lowest BCUT2D eigenvalue weighted by atomic mass is 10.0. The summed E-state index contributed by atoms with van der Waals surface area (Å²) in [6.45, 7) is 0.421. The third-order valence-corrected chi connectivity index (χ3v) is 6.15. The molecule has 2 heterocycles. The van der Waals surface area contributed by atoms with Gasteiger partial charge in [0.15, 0.2) is 0 Å². The van der Waals surface area contributed by atoms with Crippen molar-refractivity contribution in [1.82, 2.24) is 15.5 Å². The number of aromatic nitrogens is 2. The summed E-state index contributed by atoms with van der Waals surface area (Å²) in [4.78, 5) is 27.8. The van der Waals surface area contributed by atoms with Gasteiger partial charge in [0.25, 0.3) is 0 Å². The standard InChI is InChI=1S/C23H23FN4O2S/c1-31-21-7-3-2-5-17(21)16-8-9-20(18(24)12-16)28-10-4-6-19(23(28)30)27-22(29)11-15-13-25-26-14-15/h2-3,5,7-9,12-14,19H,4,6,10-11H2,1H3,(H,25,26)(H,27,29). The van der Waals surface area contributed by atoms with E-state index in [1.54, 1.807) is 30.2 Å². The summed E-state index contributed by atoms with van der Waals surface area (Å²) in [5.74, 6) is -0.999. The molecular formula is C23H23FN4O2S. The van der Waals surface area contributed by atoms with Gasteiger partial charge in [-0.1, -0.05) is 24.3 Å². The molecule has 0 bridgehead atoms. The minimum absolute atomic E-state index is 0.137. The van der Waals surface area contributed by atoms with Crippen LogP contribution in [0, 0.1) is 5.82 Å². The molecule has 1 fully saturated rings. The van der Waals surface area contributed by atoms with Gasteiger partial charge in [-0.2, -0.15) is 5.10 Å². The molecule has 2 aromatic carbocycles. The number of hydrogen-bond acceptors (Lipinski definition) is 4. The van der Waals surface area contributed by atoms with Crippen molar-refractivity contribution in [2.45, 2.75) is 30.2 Å². The average Bonchev–Trinajstić information content (AvgIpc) is 3.28. The third-order valence-electron chi connectivity index (χ3n) is 5.35. The quantitative estimate of drug-likeness (QED) is 0.574. The molecule has 1 atom stereocenters. The molecule has 1 aliphatic heterocycles. The van der Waals surface area contributed by atoms with Crippen LogP contribution in [-0.2, 0) is 16.0 Å². The molecule has 8 heteroatoms. The summed E-state index contributed by atoms with van der Waals surface area (Å²) in [5.41, 5.74) is 2.70. The number of H-pyrrole nitrogens is 1. The Labute approximate surface area is 184 Å². The molecule has 160 valence electrons. The van der Waals surface area contributed by atoms with Crippen LogP contribution in [0.15, 0.2) is 59.8 Å². The Morgan fingerprint density at radius 3 is 2.90 bits per heavy atom. The summed E-state index contributed by atoms with van der Waals surface area (Å²) in [6, 6.07) is 12.1. The van der Waals surface area contributed by atoms with E-state index in [1.165, 1.54) is 11.0 Å². The zero-order valence-electron chi connectivity index (χ0n) is 17.1. The first-order chi connectivity index (χ1) is 15.1. The third kappa shape index (κ3) is 4.64. The number of rotatable bonds is 6. The van der Waals surface area contributed by atoms with Crippen LogP contribution in [0.25, 0.3) is 11.1 Å². The molecule has 0 spiro atoms. The van der Waals surface area contributed by atoms with Crippen LogP contribution in [0.5, 0.6) is 0 Å². The van der Waals surface area contributed by atoms with Crippen LogP contribution in [0.3, 0.4) is 0 Å². The molecule has 1 saturated heterocycles. The van der Waals surface area contributed by atoms with Gasteiger partial charge in [-0.15, -0.1) is 11.8 Å². The van der Waals surface area contributed by atoms with E-state index < -0.39 is 11.9 Å². The predicted octanol–water partition coefficient (Wildman–Crippen LogP) is 3.79. The maximum absolute atomic E-state index is 15.1. The number of benzene rings is 2. The zero-order valence-corrected chi connectivity index (χ0v) is 17.9. The van der Waals surface area contributed by atoms with Gasteiger partial charge in [0.1, 0.15) is 11.9 Å². The fraction of sp³-hybridized carbons (Fsp3) is 0.261. The van der Waals surface area contributed by atoms with Crippen molar-refractivity contribution in [1.29, 1.82) is 0 Å². The van der Waals surface area contributed by atoms with Crippen LogP contribution in [-0.4, -0.2) is 40.9 Å². The van der Waals surface area contributed by atoms with E-state index >= 15 is 4.39 Å². The Kier molecular flexibility index (Phi) is 6.36. The van der Waals surface area contributed by atoms with Crippen molar-refractivity contribution in [2.24, 2.45) is 0 Å². The summed E-state index contributed by atoms with van der Waals surface area (Å²) < 4.78 is 15.1. The predicted molar refractivity (Wildman–Crippen MR) is 119 cm³/mol. The highest BCUT2D eigenvalue weighted by molar-refractivity contribution is 7.98. The second kappa shape index (κ2) is 9.34. The Morgan fingerprint density at radius 1 is 1.32 bits per heavy atom. The lowest BCUT2D eigenvalue weighted by molar-refractivity contribution is -0.128. The molecular weight excluding hydrogens is 415 g/mol. The van der Waals surface area contributed by atoms with Crippen molar-refractivity contribution >= 4 is 29.3 Å². The van der Waals surface area contributed by atoms with E-state index in [0.717, 1.165) is 21.6 Å². The number of hydrogen-bond donors (Lipinski definition) is 2. The van der Waals surface area contributed by atoms with Crippen molar-refractivity contribution in [3.63, 3.8) is 0 Å². The van der Waals surface area contributed by atoms with Crippen LogP contribution in [0.1, 0.15) is 18.4 Å². The van der Waals surface area contributed by atoms with Gasteiger partial charge in [0.2, 0.25) is 11.8 Å². The number of thioether (sulfide) groups is 1. The van der Waals surface area contributed by atoms with Gasteiger partial charge in [0, 0.05) is 17.6 Å². The average molecular weight is 439 g/mol. The molecule has 6 nitrogen and oxygen atoms in total. The van der Waals surface area contributed by atoms with Crippen LogP contribution < -0.4 is 10.2 Å². The number of nitrogens with one attached hydrogen (secondary N) is 2. The lowest BCUT2D eigenvalue weighted by Crippen LogP contribution is -2.53. The van der Waals surface area contributed by atoms with E-state index in [9.17, 15) is 9.59 Å². The van der Waals surface area contributed by atoms with E-state index in [1.807, 2.05) is 36.6 Å². The largest absolute Gasteiger partial charge is 0.344 e. The Morgan fingerprint density at radius 2 is 2.16 bits per heavy atom. The minimum Gasteiger partial charge on any atom is -0.344 e. The van der Waals surface area contributed by atoms with E-state index in [4.69, 9.17) is 0 Å². The highest BCUT2D eigenvalue weighted by Crippen LogP contribution is 2.33. The van der Waals surface area contributed by atoms with Crippen molar-refractivity contribution < 1.29 is 14.0 Å². The SMILES string of the molecule is CSc1ccccc1-c1ccc(N2CCCC(NC(=O)Cc3cn[nH]c3)C2=O)c(F)c1. The van der Waals surface area contributed by atoms with Gasteiger partial charge in [0.05, 0.1) is 18.3 Å². The molecule has 1 aromatic heterocycles. The number of anilines is 1. The van der Waals surface area contributed by atoms with Crippen LogP contribution >= 0.6 is 11.8 Å². The zero-order chi connectivity index (χ0) is 21.8. The van der Waals surface area contributed by atoms with E-state index in [-0.39, 0.29) is 23.9 Å². The molecule has 3 aromatic rings. The molecule has 31 heavy (non-hydrogen) atoms. The molecule has 4 rings (SSSR count). The van der Waals surface area contributed by atoms with E-state index in [0.29, 0.717) is 19.4 Å². The summed E-state index contributed by atoms with van der Waals surface area (Å²) in [7, 11) is 0. The first-order valence-corrected chi connectivity index (χ1v) is 11.3. The normalized spacial score (nSPS) is 16.4. The number of piperidine rings is 1. The maximum atomic E-state index is 15.1. The van der Waals surface area contributed by atoms with Crippen molar-refractivity contribution in [3.05, 3.63) is 66.2 Å². The lowest BCUT2D eigenvalue weighted by Gasteiger charge is -2.33. The number of amides is 2. The Bertz CT molecular complexity index is 1090. The second-order valence-electron chi connectivity index (χ2n) is 7.40. The summed E-state index contributed by atoms with van der Waals surface area (Å²) in [6.07, 6.45) is 6.54. The first-order valence-electron chi connectivity index (χ1n) is 10.1. The van der Waals surface area contributed by atoms with Crippen molar-refractivity contribution in [2.75, 3.05) is 17.7 Å². The van der Waals surface area contributed by atoms with Crippen molar-refractivity contribution in [3.8, 4) is 11.1 Å². The minimum atomic E-state index is -0.663. The number of nitrogens with zero attached hydrogens (tertiary/aromatic N) is 2. The maximum Gasteiger partial charge on any atom is 0.249 e. The summed E-state index contributed by atoms with van der Waals surface area (Å²) >= 11 is 1.60. The van der Waals surface area contributed by atoms with E-state index in [2.05, 4.69) is 15.5 Å². The van der Waals surface area contributed by atoms with Gasteiger partial charge in [-0.25, -0.2) is 4.39 Å². The number of carbonyl (C=O) groups is 2. The molecule has 0 saturated carbocycles. The van der Waals surface area contributed by atoms with Gasteiger partial charge in [-0.3, -0.25) is 14.7 Å².